The van der Waals surface area contributed by atoms with E-state index in [1.165, 1.54) is 11.1 Å². The quantitative estimate of drug-likeness (QED) is 0.133. The van der Waals surface area contributed by atoms with Crippen LogP contribution in [0.3, 0.4) is 0 Å². The van der Waals surface area contributed by atoms with Crippen molar-refractivity contribution in [1.29, 1.82) is 0 Å². The Balaban J connectivity index is 0.000000189. The van der Waals surface area contributed by atoms with Crippen LogP contribution < -0.4 is 0 Å². The van der Waals surface area contributed by atoms with Crippen LogP contribution in [-0.4, -0.2) is 32.7 Å². The fraction of sp³-hybridized carbons (Fsp3) is 0.348. The van der Waals surface area contributed by atoms with Gasteiger partial charge in [0.15, 0.2) is 0 Å². The number of nitrogens with zero attached hydrogens (tertiary/aromatic N) is 4. The summed E-state index contributed by atoms with van der Waals surface area (Å²) < 4.78 is 30.0. The molecule has 0 N–H and O–H groups in total. The molecule has 0 amide bonds. The standard InChI is InChI=1S/C12H14N2O.C11H13FIN2O2P/c1-4-10-7-11(6-5-8(10)2)12-13-9(3)15-14-12;12-6-10-7-14-11-5-9(1-2-15(10)11)8-16-3-4-17-18-13/h5-7H,4H2,1-3H3;1-2,5,7,18H,3-4,6,8H2. The van der Waals surface area contributed by atoms with Gasteiger partial charge in [0, 0.05) is 18.7 Å². The molecule has 176 valence electrons. The molecule has 0 spiro atoms. The van der Waals surface area contributed by atoms with Gasteiger partial charge in [-0.25, -0.2) is 9.37 Å². The Morgan fingerprint density at radius 1 is 1.18 bits per heavy atom. The minimum absolute atomic E-state index is 0.466. The Labute approximate surface area is 207 Å². The maximum absolute atomic E-state index is 12.6. The predicted octanol–water partition coefficient (Wildman–Crippen LogP) is 6.20. The third-order valence-corrected chi connectivity index (χ3v) is 6.21. The molecule has 0 aliphatic rings. The Bertz CT molecular complexity index is 1170. The smallest absolute Gasteiger partial charge is 0.223 e. The summed E-state index contributed by atoms with van der Waals surface area (Å²) in [5.74, 6) is 1.27. The van der Waals surface area contributed by atoms with Gasteiger partial charge in [0.05, 0.1) is 38.2 Å². The van der Waals surface area contributed by atoms with Crippen molar-refractivity contribution in [1.82, 2.24) is 19.5 Å². The zero-order chi connectivity index (χ0) is 23.6. The second kappa shape index (κ2) is 13.1. The zero-order valence-electron chi connectivity index (χ0n) is 18.8. The van der Waals surface area contributed by atoms with Crippen LogP contribution in [0.2, 0.25) is 0 Å². The van der Waals surface area contributed by atoms with E-state index >= 15 is 0 Å². The summed E-state index contributed by atoms with van der Waals surface area (Å²) in [6.07, 6.45) is 4.39. The van der Waals surface area contributed by atoms with Gasteiger partial charge in [0.2, 0.25) is 11.7 Å². The van der Waals surface area contributed by atoms with Gasteiger partial charge < -0.3 is 18.2 Å². The summed E-state index contributed by atoms with van der Waals surface area (Å²) in [5, 5.41) is 3.90. The number of pyridine rings is 1. The second-order valence-electron chi connectivity index (χ2n) is 7.26. The first-order chi connectivity index (χ1) is 16.0. The molecular formula is C23H27FIN4O3P. The first-order valence-corrected chi connectivity index (χ1v) is 14.5. The minimum atomic E-state index is -0.509. The monoisotopic (exact) mass is 584 g/mol. The number of alkyl halides is 1. The number of ether oxygens (including phenoxy) is 1. The van der Waals surface area contributed by atoms with Gasteiger partial charge in [-0.3, -0.25) is 0 Å². The Hall–Kier alpha value is -1.94. The van der Waals surface area contributed by atoms with E-state index in [2.05, 4.69) is 63.1 Å². The molecule has 4 rings (SSSR count). The lowest BCUT2D eigenvalue weighted by atomic mass is 10.0. The third-order valence-electron chi connectivity index (χ3n) is 4.96. The van der Waals surface area contributed by atoms with Gasteiger partial charge in [-0.15, -0.1) is 0 Å². The second-order valence-corrected chi connectivity index (χ2v) is 9.02. The molecular weight excluding hydrogens is 557 g/mol. The van der Waals surface area contributed by atoms with Crippen LogP contribution in [0.5, 0.6) is 0 Å². The third kappa shape index (κ3) is 7.27. The lowest BCUT2D eigenvalue weighted by Gasteiger charge is -2.05. The van der Waals surface area contributed by atoms with Crippen molar-refractivity contribution in [3.63, 3.8) is 0 Å². The maximum Gasteiger partial charge on any atom is 0.223 e. The molecule has 0 radical (unpaired) electrons. The molecule has 1 atom stereocenters. The molecule has 33 heavy (non-hydrogen) atoms. The molecule has 1 aromatic carbocycles. The molecule has 0 saturated carbocycles. The van der Waals surface area contributed by atoms with E-state index < -0.39 is 6.67 Å². The van der Waals surface area contributed by atoms with Crippen LogP contribution in [0.25, 0.3) is 17.0 Å². The Morgan fingerprint density at radius 2 is 2.03 bits per heavy atom. The van der Waals surface area contributed by atoms with Crippen LogP contribution in [-0.2, 0) is 29.0 Å². The van der Waals surface area contributed by atoms with E-state index in [-0.39, 0.29) is 0 Å². The van der Waals surface area contributed by atoms with Crippen LogP contribution in [0, 0.1) is 13.8 Å². The number of hydrogen-bond acceptors (Lipinski definition) is 6. The van der Waals surface area contributed by atoms with Crippen molar-refractivity contribution in [3.8, 4) is 11.4 Å². The summed E-state index contributed by atoms with van der Waals surface area (Å²) in [6, 6.07) is 10.1. The topological polar surface area (TPSA) is 74.7 Å². The normalized spacial score (nSPS) is 11.3. The SMILES string of the molecule is CCc1cc(-c2noc(C)n2)ccc1C.FCc1cnc2cc(COCCOPI)ccn12. The lowest BCUT2D eigenvalue weighted by Crippen LogP contribution is -2.01. The first-order valence-electron chi connectivity index (χ1n) is 10.5. The molecule has 0 saturated heterocycles. The molecule has 0 fully saturated rings. The summed E-state index contributed by atoms with van der Waals surface area (Å²) >= 11 is 2.17. The van der Waals surface area contributed by atoms with Gasteiger partial charge in [0.25, 0.3) is 0 Å². The van der Waals surface area contributed by atoms with Crippen LogP contribution >= 0.6 is 28.5 Å². The maximum atomic E-state index is 12.6. The highest BCUT2D eigenvalue weighted by Gasteiger charge is 2.07. The summed E-state index contributed by atoms with van der Waals surface area (Å²) in [4.78, 5) is 8.36. The van der Waals surface area contributed by atoms with Crippen LogP contribution in [0.15, 0.2) is 47.2 Å². The molecule has 10 heteroatoms. The van der Waals surface area contributed by atoms with Crippen molar-refractivity contribution in [2.75, 3.05) is 13.2 Å². The number of rotatable bonds is 9. The number of aromatic nitrogens is 4. The molecule has 0 bridgehead atoms. The highest BCUT2D eigenvalue weighted by molar-refractivity contribution is 14.2. The molecule has 3 aromatic heterocycles. The average molecular weight is 584 g/mol. The van der Waals surface area contributed by atoms with E-state index in [4.69, 9.17) is 13.8 Å². The molecule has 0 aliphatic carbocycles. The van der Waals surface area contributed by atoms with Gasteiger partial charge in [-0.2, -0.15) is 4.98 Å². The van der Waals surface area contributed by atoms with Crippen molar-refractivity contribution in [2.45, 2.75) is 40.5 Å². The highest BCUT2D eigenvalue weighted by atomic mass is 127. The van der Waals surface area contributed by atoms with Crippen LogP contribution in [0.4, 0.5) is 4.39 Å². The first kappa shape index (κ1) is 25.7. The summed E-state index contributed by atoms with van der Waals surface area (Å²) in [5.41, 5.74) is 5.99. The average Bonchev–Trinajstić information content (AvgIpc) is 3.45. The number of aryl methyl sites for hydroxylation is 3. The van der Waals surface area contributed by atoms with Crippen molar-refractivity contribution < 1.29 is 18.2 Å². The molecule has 1 unspecified atom stereocenters. The number of fused-ring (bicyclic) bond motifs is 1. The Morgan fingerprint density at radius 3 is 2.73 bits per heavy atom. The zero-order valence-corrected chi connectivity index (χ0v) is 22.0. The van der Waals surface area contributed by atoms with Gasteiger partial charge in [-0.1, -0.05) is 24.2 Å². The lowest BCUT2D eigenvalue weighted by molar-refractivity contribution is 0.0946. The number of halogens is 2. The molecule has 0 aliphatic heterocycles. The van der Waals surface area contributed by atoms with Gasteiger partial charge in [-0.05, 0) is 70.3 Å². The number of imidazole rings is 1. The predicted molar refractivity (Wildman–Crippen MR) is 137 cm³/mol. The van der Waals surface area contributed by atoms with Gasteiger partial charge >= 0.3 is 0 Å². The van der Waals surface area contributed by atoms with E-state index in [1.807, 2.05) is 24.4 Å². The highest BCUT2D eigenvalue weighted by Crippen LogP contribution is 2.21. The fourth-order valence-electron chi connectivity index (χ4n) is 3.20. The van der Waals surface area contributed by atoms with Crippen molar-refractivity contribution in [3.05, 3.63) is 71.0 Å². The van der Waals surface area contributed by atoms with E-state index in [1.54, 1.807) is 17.5 Å². The number of benzene rings is 1. The molecule has 3 heterocycles. The fourth-order valence-corrected chi connectivity index (χ4v) is 4.02. The van der Waals surface area contributed by atoms with Crippen molar-refractivity contribution >= 4 is 34.1 Å². The minimum Gasteiger partial charge on any atom is -0.374 e. The van der Waals surface area contributed by atoms with E-state index in [9.17, 15) is 4.39 Å². The summed E-state index contributed by atoms with van der Waals surface area (Å²) in [7, 11) is 0. The van der Waals surface area contributed by atoms with Crippen LogP contribution in [0.1, 0.15) is 35.2 Å². The molecule has 4 aromatic rings. The summed E-state index contributed by atoms with van der Waals surface area (Å²) in [6.45, 7) is 7.72. The van der Waals surface area contributed by atoms with E-state index in [0.29, 0.717) is 43.7 Å². The largest absolute Gasteiger partial charge is 0.374 e. The van der Waals surface area contributed by atoms with E-state index in [0.717, 1.165) is 23.2 Å². The Kier molecular flexibility index (Phi) is 10.2. The number of hydrogen-bond donors (Lipinski definition) is 0. The molecule has 7 nitrogen and oxygen atoms in total. The van der Waals surface area contributed by atoms with Crippen molar-refractivity contribution in [2.24, 2.45) is 0 Å². The van der Waals surface area contributed by atoms with Gasteiger partial charge in [0.1, 0.15) is 12.3 Å².